The average molecular weight is 516 g/mol. The third kappa shape index (κ3) is 4.72. The quantitative estimate of drug-likeness (QED) is 0.292. The van der Waals surface area contributed by atoms with E-state index in [4.69, 9.17) is 0 Å². The molecule has 0 aliphatic rings. The number of nitrogens with zero attached hydrogens (tertiary/aromatic N) is 5. The average Bonchev–Trinajstić information content (AvgIpc) is 3.46. The molecular weight excluding hydrogens is 488 g/mol. The summed E-state index contributed by atoms with van der Waals surface area (Å²) < 4.78 is 32.3. The van der Waals surface area contributed by atoms with Crippen LogP contribution in [0.3, 0.4) is 0 Å². The van der Waals surface area contributed by atoms with Gasteiger partial charge in [0.05, 0.1) is 35.0 Å². The summed E-state index contributed by atoms with van der Waals surface area (Å²) in [5.41, 5.74) is 3.80. The maximum atomic E-state index is 15.1. The second-order valence-electron chi connectivity index (χ2n) is 10.2. The van der Waals surface area contributed by atoms with Gasteiger partial charge in [-0.3, -0.25) is 15.0 Å². The number of pyridine rings is 1. The third-order valence-electron chi connectivity index (χ3n) is 6.32. The molecular formula is C28H27F2N7O. The highest BCUT2D eigenvalue weighted by molar-refractivity contribution is 6.00. The van der Waals surface area contributed by atoms with Gasteiger partial charge in [0.25, 0.3) is 0 Å². The Morgan fingerprint density at radius 2 is 1.76 bits per heavy atom. The SMILES string of the molecule is Cc1ccc(F)cc1-n1nc(C(C)(C)C)cc1NC(=O)Nc1ccc(-c2cncc3c2cnn3C)cc1F. The molecule has 0 fully saturated rings. The molecule has 2 N–H and O–H groups in total. The van der Waals surface area contributed by atoms with Gasteiger partial charge in [0.1, 0.15) is 17.5 Å². The number of halogens is 2. The van der Waals surface area contributed by atoms with Crippen LogP contribution in [-0.2, 0) is 12.5 Å². The first-order valence-electron chi connectivity index (χ1n) is 12.0. The van der Waals surface area contributed by atoms with Crippen molar-refractivity contribution < 1.29 is 13.6 Å². The summed E-state index contributed by atoms with van der Waals surface area (Å²) in [5.74, 6) is -0.705. The van der Waals surface area contributed by atoms with Gasteiger partial charge < -0.3 is 5.32 Å². The molecule has 0 saturated carbocycles. The zero-order valence-corrected chi connectivity index (χ0v) is 21.7. The molecule has 2 amide bonds. The summed E-state index contributed by atoms with van der Waals surface area (Å²) in [7, 11) is 1.81. The molecule has 0 radical (unpaired) electrons. The predicted octanol–water partition coefficient (Wildman–Crippen LogP) is 6.35. The molecule has 3 heterocycles. The lowest BCUT2D eigenvalue weighted by Crippen LogP contribution is -2.22. The van der Waals surface area contributed by atoms with Crippen LogP contribution < -0.4 is 10.6 Å². The van der Waals surface area contributed by atoms with Gasteiger partial charge in [-0.2, -0.15) is 10.2 Å². The summed E-state index contributed by atoms with van der Waals surface area (Å²) in [5, 5.41) is 15.0. The Morgan fingerprint density at radius 3 is 2.50 bits per heavy atom. The summed E-state index contributed by atoms with van der Waals surface area (Å²) in [6, 6.07) is 9.98. The molecule has 8 nitrogen and oxygen atoms in total. The van der Waals surface area contributed by atoms with Crippen LogP contribution in [0, 0.1) is 18.6 Å². The van der Waals surface area contributed by atoms with Gasteiger partial charge in [-0.15, -0.1) is 0 Å². The van der Waals surface area contributed by atoms with E-state index in [9.17, 15) is 9.18 Å². The van der Waals surface area contributed by atoms with E-state index in [0.717, 1.165) is 22.0 Å². The standard InChI is InChI=1S/C28H27F2N7O/c1-16-6-8-18(29)11-23(16)37-26(12-25(35-37)28(2,3)4)34-27(38)33-22-9-7-17(10-21(22)30)19-13-31-15-24-20(19)14-32-36(24)5/h6-15H,1-5H3,(H2,33,34,38). The molecule has 3 aromatic heterocycles. The zero-order chi connectivity index (χ0) is 27.2. The second kappa shape index (κ2) is 9.37. The predicted molar refractivity (Wildman–Crippen MR) is 144 cm³/mol. The van der Waals surface area contributed by atoms with Gasteiger partial charge in [0.15, 0.2) is 0 Å². The van der Waals surface area contributed by atoms with Crippen LogP contribution in [0.4, 0.5) is 25.1 Å². The minimum atomic E-state index is -0.664. The number of urea groups is 1. The first-order valence-corrected chi connectivity index (χ1v) is 12.0. The van der Waals surface area contributed by atoms with Crippen LogP contribution in [0.25, 0.3) is 27.7 Å². The second-order valence-corrected chi connectivity index (χ2v) is 10.2. The fourth-order valence-corrected chi connectivity index (χ4v) is 4.17. The maximum Gasteiger partial charge on any atom is 0.324 e. The molecule has 0 saturated heterocycles. The lowest BCUT2D eigenvalue weighted by molar-refractivity contribution is 0.262. The zero-order valence-electron chi connectivity index (χ0n) is 21.7. The van der Waals surface area contributed by atoms with E-state index < -0.39 is 17.7 Å². The van der Waals surface area contributed by atoms with Crippen molar-refractivity contribution in [2.75, 3.05) is 10.6 Å². The lowest BCUT2D eigenvalue weighted by atomic mass is 9.92. The van der Waals surface area contributed by atoms with Crippen LogP contribution in [0.1, 0.15) is 32.0 Å². The van der Waals surface area contributed by atoms with Gasteiger partial charge in [-0.1, -0.05) is 32.9 Å². The van der Waals surface area contributed by atoms with E-state index in [1.165, 1.54) is 28.9 Å². The fraction of sp³-hybridized carbons (Fsp3) is 0.214. The number of aryl methyl sites for hydroxylation is 2. The number of carbonyl (C=O) groups excluding carboxylic acids is 1. The third-order valence-corrected chi connectivity index (χ3v) is 6.32. The highest BCUT2D eigenvalue weighted by Crippen LogP contribution is 2.31. The molecule has 0 bridgehead atoms. The molecule has 38 heavy (non-hydrogen) atoms. The Labute approximate surface area is 218 Å². The summed E-state index contributed by atoms with van der Waals surface area (Å²) in [4.78, 5) is 17.2. The first kappa shape index (κ1) is 25.1. The van der Waals surface area contributed by atoms with E-state index in [-0.39, 0.29) is 11.1 Å². The van der Waals surface area contributed by atoms with E-state index in [1.807, 2.05) is 34.7 Å². The number of anilines is 2. The lowest BCUT2D eigenvalue weighted by Gasteiger charge is -2.14. The number of hydrogen-bond acceptors (Lipinski definition) is 4. The van der Waals surface area contributed by atoms with Crippen molar-refractivity contribution in [3.05, 3.63) is 83.9 Å². The normalized spacial score (nSPS) is 11.7. The Morgan fingerprint density at radius 1 is 0.974 bits per heavy atom. The molecule has 5 aromatic rings. The van der Waals surface area contributed by atoms with Crippen molar-refractivity contribution in [3.8, 4) is 16.8 Å². The van der Waals surface area contributed by atoms with Crippen molar-refractivity contribution in [1.82, 2.24) is 24.5 Å². The topological polar surface area (TPSA) is 89.7 Å². The van der Waals surface area contributed by atoms with Crippen molar-refractivity contribution in [3.63, 3.8) is 0 Å². The Balaban J connectivity index is 1.42. The van der Waals surface area contributed by atoms with E-state index >= 15 is 4.39 Å². The van der Waals surface area contributed by atoms with Gasteiger partial charge >= 0.3 is 6.03 Å². The summed E-state index contributed by atoms with van der Waals surface area (Å²) in [6.07, 6.45) is 5.06. The van der Waals surface area contributed by atoms with Crippen molar-refractivity contribution in [2.24, 2.45) is 7.05 Å². The molecule has 0 atom stereocenters. The van der Waals surface area contributed by atoms with E-state index in [1.54, 1.807) is 41.5 Å². The highest BCUT2D eigenvalue weighted by atomic mass is 19.1. The smallest absolute Gasteiger partial charge is 0.305 e. The number of benzene rings is 2. The molecule has 0 unspecified atom stereocenters. The number of nitrogens with one attached hydrogen (secondary N) is 2. The number of hydrogen-bond donors (Lipinski definition) is 2. The largest absolute Gasteiger partial charge is 0.324 e. The van der Waals surface area contributed by atoms with Crippen molar-refractivity contribution in [2.45, 2.75) is 33.1 Å². The van der Waals surface area contributed by atoms with Gasteiger partial charge in [0, 0.05) is 35.7 Å². The number of fused-ring (bicyclic) bond motifs is 1. The molecule has 2 aromatic carbocycles. The van der Waals surface area contributed by atoms with Gasteiger partial charge in [0.2, 0.25) is 0 Å². The van der Waals surface area contributed by atoms with Crippen molar-refractivity contribution >= 4 is 28.4 Å². The van der Waals surface area contributed by atoms with Crippen LogP contribution >= 0.6 is 0 Å². The van der Waals surface area contributed by atoms with Crippen molar-refractivity contribution in [1.29, 1.82) is 0 Å². The maximum absolute atomic E-state index is 15.1. The molecule has 0 aliphatic heterocycles. The van der Waals surface area contributed by atoms with Crippen LogP contribution in [0.2, 0.25) is 0 Å². The number of amides is 2. The molecule has 5 rings (SSSR count). The number of carbonyl (C=O) groups is 1. The Hall–Kier alpha value is -4.60. The Bertz CT molecular complexity index is 1680. The van der Waals surface area contributed by atoms with E-state index in [2.05, 4.69) is 25.8 Å². The minimum Gasteiger partial charge on any atom is -0.305 e. The number of rotatable bonds is 4. The molecule has 0 aliphatic carbocycles. The summed E-state index contributed by atoms with van der Waals surface area (Å²) in [6.45, 7) is 7.79. The van der Waals surface area contributed by atoms with Crippen LogP contribution in [-0.4, -0.2) is 30.6 Å². The first-order chi connectivity index (χ1) is 18.0. The highest BCUT2D eigenvalue weighted by Gasteiger charge is 2.23. The minimum absolute atomic E-state index is 0.00150. The van der Waals surface area contributed by atoms with Crippen LogP contribution in [0.15, 0.2) is 61.1 Å². The summed E-state index contributed by atoms with van der Waals surface area (Å²) >= 11 is 0. The Kier molecular flexibility index (Phi) is 6.18. The molecule has 194 valence electrons. The monoisotopic (exact) mass is 515 g/mol. The fourth-order valence-electron chi connectivity index (χ4n) is 4.17. The molecule has 0 spiro atoms. The number of aromatic nitrogens is 5. The van der Waals surface area contributed by atoms with E-state index in [0.29, 0.717) is 22.8 Å². The molecule has 10 heteroatoms. The van der Waals surface area contributed by atoms with Gasteiger partial charge in [-0.25, -0.2) is 18.3 Å². The van der Waals surface area contributed by atoms with Crippen LogP contribution in [0.5, 0.6) is 0 Å². The van der Waals surface area contributed by atoms with Gasteiger partial charge in [-0.05, 0) is 42.3 Å².